The first-order valence-electron chi connectivity index (χ1n) is 9.26. The van der Waals surface area contributed by atoms with E-state index in [1.54, 1.807) is 13.8 Å². The third-order valence-electron chi connectivity index (χ3n) is 5.82. The zero-order valence-corrected chi connectivity index (χ0v) is 17.2. The molecule has 0 spiro atoms. The van der Waals surface area contributed by atoms with Gasteiger partial charge >= 0.3 is 0 Å². The zero-order chi connectivity index (χ0) is 20.1. The standard InChI is InChI=1S/C20H28N2O4S/c1-11-6-16(7-11)21-20(24)18-9-17(23)10-22(18)27(25,26)19-14(4)12(2)8-13(3)15(19)5/h8,16-18,23H,1,6-7,9-10H2,2-5H3,(H,21,24). The maximum Gasteiger partial charge on any atom is 0.244 e. The third kappa shape index (κ3) is 3.56. The van der Waals surface area contributed by atoms with Gasteiger partial charge in [0.15, 0.2) is 0 Å². The fraction of sp³-hybridized carbons (Fsp3) is 0.550. The Kier molecular flexibility index (Phi) is 5.22. The lowest BCUT2D eigenvalue weighted by Crippen LogP contribution is -2.50. The van der Waals surface area contributed by atoms with Crippen LogP contribution in [0, 0.1) is 27.7 Å². The Hall–Kier alpha value is -1.70. The number of amides is 1. The minimum atomic E-state index is -3.91. The number of benzene rings is 1. The molecule has 2 N–H and O–H groups in total. The van der Waals surface area contributed by atoms with Crippen molar-refractivity contribution in [2.45, 2.75) is 70.0 Å². The number of aliphatic hydroxyl groups is 1. The SMILES string of the molecule is C=C1CC(NC(=O)C2CC(O)CN2S(=O)(=O)c2c(C)c(C)cc(C)c2C)C1. The van der Waals surface area contributed by atoms with Gasteiger partial charge in [-0.25, -0.2) is 8.42 Å². The number of carbonyl (C=O) groups excluding carboxylic acids is 1. The van der Waals surface area contributed by atoms with Crippen molar-refractivity contribution in [3.8, 4) is 0 Å². The first kappa shape index (κ1) is 20.0. The van der Waals surface area contributed by atoms with Crippen LogP contribution in [0.4, 0.5) is 0 Å². The summed E-state index contributed by atoms with van der Waals surface area (Å²) in [6, 6.07) is 1.09. The van der Waals surface area contributed by atoms with Crippen molar-refractivity contribution in [2.75, 3.05) is 6.54 Å². The lowest BCUT2D eigenvalue weighted by atomic mass is 9.87. The largest absolute Gasteiger partial charge is 0.392 e. The van der Waals surface area contributed by atoms with Crippen LogP contribution in [0.1, 0.15) is 41.5 Å². The van der Waals surface area contributed by atoms with Crippen LogP contribution in [0.5, 0.6) is 0 Å². The van der Waals surface area contributed by atoms with E-state index in [9.17, 15) is 18.3 Å². The van der Waals surface area contributed by atoms with Crippen LogP contribution in [0.2, 0.25) is 0 Å². The number of aryl methyl sites for hydroxylation is 2. The van der Waals surface area contributed by atoms with Gasteiger partial charge in [-0.2, -0.15) is 4.31 Å². The number of β-amino-alcohol motifs (C(OH)–C–C–N with tert-alkyl or cyclic N) is 1. The number of carbonyl (C=O) groups is 1. The molecule has 0 radical (unpaired) electrons. The number of sulfonamides is 1. The van der Waals surface area contributed by atoms with Crippen LogP contribution in [0.15, 0.2) is 23.1 Å². The van der Waals surface area contributed by atoms with E-state index >= 15 is 0 Å². The molecule has 1 amide bonds. The van der Waals surface area contributed by atoms with E-state index in [1.165, 1.54) is 4.31 Å². The van der Waals surface area contributed by atoms with Crippen molar-refractivity contribution in [3.05, 3.63) is 40.5 Å². The predicted octanol–water partition coefficient (Wildman–Crippen LogP) is 1.88. The van der Waals surface area contributed by atoms with Gasteiger partial charge in [0, 0.05) is 19.0 Å². The van der Waals surface area contributed by atoms with Crippen molar-refractivity contribution in [1.82, 2.24) is 9.62 Å². The van der Waals surface area contributed by atoms with Gasteiger partial charge in [0.05, 0.1) is 11.0 Å². The summed E-state index contributed by atoms with van der Waals surface area (Å²) in [5.74, 6) is -0.340. The van der Waals surface area contributed by atoms with E-state index in [0.717, 1.165) is 29.5 Å². The van der Waals surface area contributed by atoms with E-state index < -0.39 is 22.2 Å². The molecule has 2 aliphatic rings. The molecule has 0 aromatic heterocycles. The molecule has 1 saturated heterocycles. The number of hydrogen-bond donors (Lipinski definition) is 2. The van der Waals surface area contributed by atoms with Crippen molar-refractivity contribution >= 4 is 15.9 Å². The third-order valence-corrected chi connectivity index (χ3v) is 7.97. The molecule has 1 aromatic rings. The van der Waals surface area contributed by atoms with E-state index in [1.807, 2.05) is 19.9 Å². The van der Waals surface area contributed by atoms with Crippen LogP contribution in [-0.4, -0.2) is 48.5 Å². The number of nitrogens with zero attached hydrogens (tertiary/aromatic N) is 1. The molecular weight excluding hydrogens is 364 g/mol. The van der Waals surface area contributed by atoms with Gasteiger partial charge in [0.1, 0.15) is 6.04 Å². The molecule has 27 heavy (non-hydrogen) atoms. The van der Waals surface area contributed by atoms with Gasteiger partial charge < -0.3 is 10.4 Å². The molecule has 7 heteroatoms. The van der Waals surface area contributed by atoms with Crippen molar-refractivity contribution in [3.63, 3.8) is 0 Å². The Labute approximate surface area is 161 Å². The molecule has 1 heterocycles. The van der Waals surface area contributed by atoms with Crippen LogP contribution in [0.3, 0.4) is 0 Å². The van der Waals surface area contributed by atoms with Crippen LogP contribution < -0.4 is 5.32 Å². The lowest BCUT2D eigenvalue weighted by molar-refractivity contribution is -0.125. The van der Waals surface area contributed by atoms with Gasteiger partial charge in [-0.15, -0.1) is 0 Å². The van der Waals surface area contributed by atoms with Gasteiger partial charge in [-0.1, -0.05) is 18.2 Å². The average Bonchev–Trinajstić information content (AvgIpc) is 2.94. The summed E-state index contributed by atoms with van der Waals surface area (Å²) in [5.41, 5.74) is 4.25. The fourth-order valence-corrected chi connectivity index (χ4v) is 6.23. The lowest BCUT2D eigenvalue weighted by Gasteiger charge is -2.32. The van der Waals surface area contributed by atoms with Gasteiger partial charge in [0.25, 0.3) is 0 Å². The summed E-state index contributed by atoms with van der Waals surface area (Å²) in [4.78, 5) is 13.0. The Morgan fingerprint density at radius 1 is 1.19 bits per heavy atom. The van der Waals surface area contributed by atoms with Crippen molar-refractivity contribution in [1.29, 1.82) is 0 Å². The molecule has 3 rings (SSSR count). The molecule has 2 fully saturated rings. The Bertz CT molecular complexity index is 873. The number of rotatable bonds is 4. The molecule has 2 atom stereocenters. The van der Waals surface area contributed by atoms with Gasteiger partial charge in [0.2, 0.25) is 15.9 Å². The maximum atomic E-state index is 13.5. The summed E-state index contributed by atoms with van der Waals surface area (Å²) >= 11 is 0. The van der Waals surface area contributed by atoms with Crippen molar-refractivity contribution in [2.24, 2.45) is 0 Å². The zero-order valence-electron chi connectivity index (χ0n) is 16.4. The summed E-state index contributed by atoms with van der Waals surface area (Å²) < 4.78 is 28.1. The summed E-state index contributed by atoms with van der Waals surface area (Å²) in [5, 5.41) is 13.0. The molecule has 1 aromatic carbocycles. The molecule has 6 nitrogen and oxygen atoms in total. The second-order valence-electron chi connectivity index (χ2n) is 7.93. The Morgan fingerprint density at radius 2 is 1.74 bits per heavy atom. The second kappa shape index (κ2) is 7.04. The highest BCUT2D eigenvalue weighted by Gasteiger charge is 2.45. The molecule has 148 valence electrons. The molecule has 0 bridgehead atoms. The quantitative estimate of drug-likeness (QED) is 0.766. The maximum absolute atomic E-state index is 13.5. The van der Waals surface area contributed by atoms with E-state index in [-0.39, 0.29) is 29.8 Å². The summed E-state index contributed by atoms with van der Waals surface area (Å²) in [6.07, 6.45) is 0.715. The molecule has 1 aliphatic carbocycles. The first-order valence-corrected chi connectivity index (χ1v) is 10.7. The molecular formula is C20H28N2O4S. The van der Waals surface area contributed by atoms with Crippen LogP contribution in [-0.2, 0) is 14.8 Å². The topological polar surface area (TPSA) is 86.7 Å². The normalized spacial score (nSPS) is 24.1. The van der Waals surface area contributed by atoms with E-state index in [2.05, 4.69) is 11.9 Å². The van der Waals surface area contributed by atoms with E-state index in [0.29, 0.717) is 11.1 Å². The minimum Gasteiger partial charge on any atom is -0.392 e. The highest BCUT2D eigenvalue weighted by atomic mass is 32.2. The smallest absolute Gasteiger partial charge is 0.244 e. The Balaban J connectivity index is 1.95. The Morgan fingerprint density at radius 3 is 2.26 bits per heavy atom. The minimum absolute atomic E-state index is 0.0111. The molecule has 1 saturated carbocycles. The number of aliphatic hydroxyl groups excluding tert-OH is 1. The van der Waals surface area contributed by atoms with Crippen molar-refractivity contribution < 1.29 is 18.3 Å². The molecule has 1 aliphatic heterocycles. The second-order valence-corrected chi connectivity index (χ2v) is 9.76. The number of hydrogen-bond acceptors (Lipinski definition) is 4. The van der Waals surface area contributed by atoms with Crippen LogP contribution in [0.25, 0.3) is 0 Å². The summed E-state index contributed by atoms with van der Waals surface area (Å²) in [6.45, 7) is 11.1. The average molecular weight is 393 g/mol. The first-order chi connectivity index (χ1) is 12.5. The fourth-order valence-electron chi connectivity index (χ4n) is 4.01. The predicted molar refractivity (Wildman–Crippen MR) is 104 cm³/mol. The van der Waals surface area contributed by atoms with Gasteiger partial charge in [-0.05, 0) is 62.8 Å². The highest BCUT2D eigenvalue weighted by molar-refractivity contribution is 7.89. The summed E-state index contributed by atoms with van der Waals surface area (Å²) in [7, 11) is -3.91. The highest BCUT2D eigenvalue weighted by Crippen LogP contribution is 2.33. The monoisotopic (exact) mass is 392 g/mol. The van der Waals surface area contributed by atoms with Gasteiger partial charge in [-0.3, -0.25) is 4.79 Å². The number of nitrogens with one attached hydrogen (secondary N) is 1. The van der Waals surface area contributed by atoms with E-state index in [4.69, 9.17) is 0 Å². The van der Waals surface area contributed by atoms with Crippen LogP contribution >= 0.6 is 0 Å². The molecule has 2 unspecified atom stereocenters.